The molecular formula is C13H14N4O3. The Labute approximate surface area is 115 Å². The summed E-state index contributed by atoms with van der Waals surface area (Å²) in [5.41, 5.74) is 2.25. The maximum Gasteiger partial charge on any atom is 0.405 e. The standard InChI is InChI=1S/C13H14N4O3/c18-6-4-12(17-13(19)20)9-1-2-11(14-7-9)10-3-5-15-16-8-10/h1-3,5,7-8,12,17-18H,4,6H2,(H,19,20)/t12-/m1/s1. The average molecular weight is 274 g/mol. The first-order valence-corrected chi connectivity index (χ1v) is 6.04. The molecule has 0 radical (unpaired) electrons. The Kier molecular flexibility index (Phi) is 4.56. The van der Waals surface area contributed by atoms with E-state index in [0.29, 0.717) is 12.0 Å². The number of hydrogen-bond acceptors (Lipinski definition) is 5. The summed E-state index contributed by atoms with van der Waals surface area (Å²) in [7, 11) is 0. The van der Waals surface area contributed by atoms with E-state index in [-0.39, 0.29) is 6.61 Å². The van der Waals surface area contributed by atoms with Crippen molar-refractivity contribution in [2.75, 3.05) is 6.61 Å². The number of nitrogens with one attached hydrogen (secondary N) is 1. The van der Waals surface area contributed by atoms with E-state index in [1.165, 1.54) is 0 Å². The van der Waals surface area contributed by atoms with Crippen LogP contribution in [-0.2, 0) is 0 Å². The summed E-state index contributed by atoms with van der Waals surface area (Å²) in [5, 5.41) is 27.6. The van der Waals surface area contributed by atoms with Crippen molar-refractivity contribution in [3.63, 3.8) is 0 Å². The summed E-state index contributed by atoms with van der Waals surface area (Å²) in [5.74, 6) is 0. The van der Waals surface area contributed by atoms with E-state index in [1.54, 1.807) is 36.8 Å². The molecule has 104 valence electrons. The lowest BCUT2D eigenvalue weighted by Gasteiger charge is -2.16. The topological polar surface area (TPSA) is 108 Å². The summed E-state index contributed by atoms with van der Waals surface area (Å²) in [6.07, 6.45) is 3.93. The Morgan fingerprint density at radius 3 is 2.65 bits per heavy atom. The van der Waals surface area contributed by atoms with Crippen LogP contribution in [-0.4, -0.2) is 38.1 Å². The summed E-state index contributed by atoms with van der Waals surface area (Å²) in [4.78, 5) is 15.0. The van der Waals surface area contributed by atoms with Crippen molar-refractivity contribution < 1.29 is 15.0 Å². The van der Waals surface area contributed by atoms with Crippen LogP contribution >= 0.6 is 0 Å². The monoisotopic (exact) mass is 274 g/mol. The molecule has 20 heavy (non-hydrogen) atoms. The van der Waals surface area contributed by atoms with Gasteiger partial charge in [0.05, 0.1) is 24.1 Å². The molecule has 0 aliphatic heterocycles. The van der Waals surface area contributed by atoms with E-state index < -0.39 is 12.1 Å². The van der Waals surface area contributed by atoms with Crippen LogP contribution in [0.25, 0.3) is 11.3 Å². The second-order valence-corrected chi connectivity index (χ2v) is 4.12. The third-order valence-electron chi connectivity index (χ3n) is 2.78. The van der Waals surface area contributed by atoms with Gasteiger partial charge in [-0.05, 0) is 24.1 Å². The molecule has 0 saturated heterocycles. The molecule has 7 nitrogen and oxygen atoms in total. The number of hydrogen-bond donors (Lipinski definition) is 3. The molecular weight excluding hydrogens is 260 g/mol. The molecule has 0 unspecified atom stereocenters. The van der Waals surface area contributed by atoms with Crippen molar-refractivity contribution in [1.82, 2.24) is 20.5 Å². The molecule has 1 atom stereocenters. The quantitative estimate of drug-likeness (QED) is 0.756. The molecule has 0 aliphatic carbocycles. The number of amides is 1. The lowest BCUT2D eigenvalue weighted by Crippen LogP contribution is -2.27. The van der Waals surface area contributed by atoms with Crippen LogP contribution < -0.4 is 5.32 Å². The van der Waals surface area contributed by atoms with Gasteiger partial charge < -0.3 is 15.5 Å². The van der Waals surface area contributed by atoms with Crippen molar-refractivity contribution in [3.05, 3.63) is 42.4 Å². The van der Waals surface area contributed by atoms with Gasteiger partial charge in [0.1, 0.15) is 0 Å². The van der Waals surface area contributed by atoms with Gasteiger partial charge in [-0.3, -0.25) is 4.98 Å². The zero-order valence-corrected chi connectivity index (χ0v) is 10.6. The highest BCUT2D eigenvalue weighted by Gasteiger charge is 2.14. The predicted molar refractivity (Wildman–Crippen MR) is 70.9 cm³/mol. The van der Waals surface area contributed by atoms with Crippen LogP contribution in [0.4, 0.5) is 4.79 Å². The number of aliphatic hydroxyl groups is 1. The lowest BCUT2D eigenvalue weighted by molar-refractivity contribution is 0.185. The minimum Gasteiger partial charge on any atom is -0.465 e. The Balaban J connectivity index is 2.19. The fourth-order valence-electron chi connectivity index (χ4n) is 1.82. The maximum atomic E-state index is 10.7. The first-order valence-electron chi connectivity index (χ1n) is 6.04. The largest absolute Gasteiger partial charge is 0.465 e. The zero-order valence-electron chi connectivity index (χ0n) is 10.6. The van der Waals surface area contributed by atoms with Crippen molar-refractivity contribution >= 4 is 6.09 Å². The molecule has 2 heterocycles. The summed E-state index contributed by atoms with van der Waals surface area (Å²) < 4.78 is 0. The smallest absolute Gasteiger partial charge is 0.405 e. The molecule has 0 fully saturated rings. The molecule has 0 bridgehead atoms. The van der Waals surface area contributed by atoms with E-state index >= 15 is 0 Å². The van der Waals surface area contributed by atoms with Crippen molar-refractivity contribution in [3.8, 4) is 11.3 Å². The van der Waals surface area contributed by atoms with Crippen molar-refractivity contribution in [1.29, 1.82) is 0 Å². The highest BCUT2D eigenvalue weighted by Crippen LogP contribution is 2.20. The number of nitrogens with zero attached hydrogens (tertiary/aromatic N) is 3. The number of aromatic nitrogens is 3. The van der Waals surface area contributed by atoms with Crippen LogP contribution in [0.3, 0.4) is 0 Å². The molecule has 2 aromatic heterocycles. The first kappa shape index (κ1) is 13.9. The Hall–Kier alpha value is -2.54. The SMILES string of the molecule is O=C(O)N[C@H](CCO)c1ccc(-c2ccnnc2)nc1. The molecule has 3 N–H and O–H groups in total. The third-order valence-corrected chi connectivity index (χ3v) is 2.78. The van der Waals surface area contributed by atoms with Gasteiger partial charge in [0.2, 0.25) is 0 Å². The van der Waals surface area contributed by atoms with Gasteiger partial charge in [-0.25, -0.2) is 4.79 Å². The minimum absolute atomic E-state index is 0.110. The molecule has 7 heteroatoms. The Morgan fingerprint density at radius 2 is 2.10 bits per heavy atom. The fourth-order valence-corrected chi connectivity index (χ4v) is 1.82. The molecule has 0 aliphatic rings. The number of pyridine rings is 1. The van der Waals surface area contributed by atoms with Gasteiger partial charge in [-0.1, -0.05) is 6.07 Å². The summed E-state index contributed by atoms with van der Waals surface area (Å²) in [6.45, 7) is -0.110. The van der Waals surface area contributed by atoms with E-state index in [4.69, 9.17) is 10.2 Å². The molecule has 1 amide bonds. The molecule has 0 saturated carbocycles. The summed E-state index contributed by atoms with van der Waals surface area (Å²) >= 11 is 0. The highest BCUT2D eigenvalue weighted by atomic mass is 16.4. The molecule has 2 rings (SSSR count). The van der Waals surface area contributed by atoms with E-state index in [0.717, 1.165) is 11.3 Å². The van der Waals surface area contributed by atoms with Gasteiger partial charge in [-0.2, -0.15) is 10.2 Å². The van der Waals surface area contributed by atoms with E-state index in [1.807, 2.05) is 0 Å². The van der Waals surface area contributed by atoms with Gasteiger partial charge >= 0.3 is 6.09 Å². The fraction of sp³-hybridized carbons (Fsp3) is 0.231. The Bertz CT molecular complexity index is 560. The first-order chi connectivity index (χ1) is 9.70. The van der Waals surface area contributed by atoms with Gasteiger partial charge in [0.15, 0.2) is 0 Å². The van der Waals surface area contributed by atoms with Crippen LogP contribution in [0.1, 0.15) is 18.0 Å². The lowest BCUT2D eigenvalue weighted by atomic mass is 10.1. The predicted octanol–water partition coefficient (Wildman–Crippen LogP) is 1.23. The number of rotatable bonds is 5. The van der Waals surface area contributed by atoms with Crippen molar-refractivity contribution in [2.45, 2.75) is 12.5 Å². The van der Waals surface area contributed by atoms with Gasteiger partial charge in [0, 0.05) is 18.4 Å². The zero-order chi connectivity index (χ0) is 14.4. The molecule has 0 spiro atoms. The average Bonchev–Trinajstić information content (AvgIpc) is 2.47. The number of aliphatic hydroxyl groups excluding tert-OH is 1. The molecule has 0 aromatic carbocycles. The number of carboxylic acid groups (broad SMARTS) is 1. The maximum absolute atomic E-state index is 10.7. The minimum atomic E-state index is -1.13. The summed E-state index contributed by atoms with van der Waals surface area (Å²) in [6, 6.07) is 4.87. The van der Waals surface area contributed by atoms with Crippen LogP contribution in [0.2, 0.25) is 0 Å². The third kappa shape index (κ3) is 3.48. The highest BCUT2D eigenvalue weighted by molar-refractivity contribution is 5.65. The number of carbonyl (C=O) groups is 1. The van der Waals surface area contributed by atoms with Gasteiger partial charge in [-0.15, -0.1) is 0 Å². The normalized spacial score (nSPS) is 11.8. The Morgan fingerprint density at radius 1 is 1.25 bits per heavy atom. The second-order valence-electron chi connectivity index (χ2n) is 4.12. The van der Waals surface area contributed by atoms with Crippen LogP contribution in [0.15, 0.2) is 36.8 Å². The van der Waals surface area contributed by atoms with E-state index in [2.05, 4.69) is 20.5 Å². The van der Waals surface area contributed by atoms with E-state index in [9.17, 15) is 4.79 Å². The van der Waals surface area contributed by atoms with Gasteiger partial charge in [0.25, 0.3) is 0 Å². The van der Waals surface area contributed by atoms with Crippen LogP contribution in [0.5, 0.6) is 0 Å². The molecule has 2 aromatic rings. The van der Waals surface area contributed by atoms with Crippen LogP contribution in [0, 0.1) is 0 Å². The second kappa shape index (κ2) is 6.58. The van der Waals surface area contributed by atoms with Crippen molar-refractivity contribution in [2.24, 2.45) is 0 Å².